The SMILES string of the molecule is CNc1cc(-c2cc(NC(C)c3cccc(-c4cnn(C)c4)c3)nc(C)n2)ccc1C. The Kier molecular flexibility index (Phi) is 5.71. The predicted molar refractivity (Wildman–Crippen MR) is 127 cm³/mol. The molecule has 1 unspecified atom stereocenters. The summed E-state index contributed by atoms with van der Waals surface area (Å²) >= 11 is 0. The van der Waals surface area contributed by atoms with Gasteiger partial charge in [-0.05, 0) is 49.6 Å². The van der Waals surface area contributed by atoms with E-state index in [9.17, 15) is 0 Å². The molecule has 0 saturated carbocycles. The largest absolute Gasteiger partial charge is 0.388 e. The Hall–Kier alpha value is -3.67. The zero-order valence-corrected chi connectivity index (χ0v) is 18.6. The van der Waals surface area contributed by atoms with Crippen molar-refractivity contribution in [2.24, 2.45) is 7.05 Å². The molecule has 0 bridgehead atoms. The van der Waals surface area contributed by atoms with Crippen molar-refractivity contribution in [2.45, 2.75) is 26.8 Å². The molecule has 2 N–H and O–H groups in total. The van der Waals surface area contributed by atoms with E-state index in [1.807, 2.05) is 44.2 Å². The lowest BCUT2D eigenvalue weighted by atomic mass is 10.0. The number of nitrogens with one attached hydrogen (secondary N) is 2. The molecule has 4 rings (SSSR count). The van der Waals surface area contributed by atoms with Gasteiger partial charge in [0.25, 0.3) is 0 Å². The van der Waals surface area contributed by atoms with Crippen molar-refractivity contribution < 1.29 is 0 Å². The molecule has 1 atom stereocenters. The highest BCUT2D eigenvalue weighted by Gasteiger charge is 2.11. The van der Waals surface area contributed by atoms with Gasteiger partial charge in [-0.25, -0.2) is 9.97 Å². The van der Waals surface area contributed by atoms with E-state index in [0.29, 0.717) is 0 Å². The molecular formula is C25H28N6. The summed E-state index contributed by atoms with van der Waals surface area (Å²) in [4.78, 5) is 9.27. The molecule has 0 aliphatic rings. The third-order valence-corrected chi connectivity index (χ3v) is 5.43. The van der Waals surface area contributed by atoms with Crippen LogP contribution in [0.1, 0.15) is 29.9 Å². The first kappa shape index (κ1) is 20.6. The van der Waals surface area contributed by atoms with Crippen LogP contribution in [0.3, 0.4) is 0 Å². The fourth-order valence-electron chi connectivity index (χ4n) is 3.70. The number of aryl methyl sites for hydroxylation is 3. The molecular weight excluding hydrogens is 384 g/mol. The van der Waals surface area contributed by atoms with Gasteiger partial charge in [0.1, 0.15) is 11.6 Å². The monoisotopic (exact) mass is 412 g/mol. The van der Waals surface area contributed by atoms with E-state index in [2.05, 4.69) is 82.0 Å². The Labute approximate surface area is 183 Å². The summed E-state index contributed by atoms with van der Waals surface area (Å²) in [5.74, 6) is 1.55. The van der Waals surface area contributed by atoms with Crippen molar-refractivity contribution in [3.8, 4) is 22.4 Å². The quantitative estimate of drug-likeness (QED) is 0.445. The van der Waals surface area contributed by atoms with Gasteiger partial charge >= 0.3 is 0 Å². The highest BCUT2D eigenvalue weighted by molar-refractivity contribution is 5.69. The summed E-state index contributed by atoms with van der Waals surface area (Å²) in [6.07, 6.45) is 3.91. The fraction of sp³-hybridized carbons (Fsp3) is 0.240. The zero-order valence-electron chi connectivity index (χ0n) is 18.6. The van der Waals surface area contributed by atoms with Crippen LogP contribution in [0.5, 0.6) is 0 Å². The zero-order chi connectivity index (χ0) is 22.0. The lowest BCUT2D eigenvalue weighted by molar-refractivity contribution is 0.768. The number of rotatable bonds is 6. The Morgan fingerprint density at radius 3 is 2.52 bits per heavy atom. The molecule has 6 heteroatoms. The average molecular weight is 413 g/mol. The van der Waals surface area contributed by atoms with Gasteiger partial charge in [-0.2, -0.15) is 5.10 Å². The number of hydrogen-bond acceptors (Lipinski definition) is 5. The lowest BCUT2D eigenvalue weighted by Crippen LogP contribution is -2.09. The maximum absolute atomic E-state index is 4.66. The van der Waals surface area contributed by atoms with E-state index in [1.54, 1.807) is 0 Å². The van der Waals surface area contributed by atoms with Crippen LogP contribution in [-0.2, 0) is 7.05 Å². The second-order valence-electron chi connectivity index (χ2n) is 7.86. The highest BCUT2D eigenvalue weighted by Crippen LogP contribution is 2.28. The highest BCUT2D eigenvalue weighted by atomic mass is 15.2. The third-order valence-electron chi connectivity index (χ3n) is 5.43. The number of benzene rings is 2. The number of nitrogens with zero attached hydrogens (tertiary/aromatic N) is 4. The predicted octanol–water partition coefficient (Wildman–Crippen LogP) is 5.38. The van der Waals surface area contributed by atoms with Crippen molar-refractivity contribution in [3.63, 3.8) is 0 Å². The van der Waals surface area contributed by atoms with Crippen molar-refractivity contribution in [1.82, 2.24) is 19.7 Å². The van der Waals surface area contributed by atoms with Gasteiger partial charge in [0.15, 0.2) is 0 Å². The van der Waals surface area contributed by atoms with Crippen molar-refractivity contribution in [1.29, 1.82) is 0 Å². The van der Waals surface area contributed by atoms with Crippen LogP contribution in [0.25, 0.3) is 22.4 Å². The normalized spacial score (nSPS) is 11.9. The van der Waals surface area contributed by atoms with Crippen LogP contribution in [0.15, 0.2) is 60.9 Å². The first-order valence-corrected chi connectivity index (χ1v) is 10.4. The molecule has 0 amide bonds. The van der Waals surface area contributed by atoms with E-state index in [4.69, 9.17) is 0 Å². The van der Waals surface area contributed by atoms with Crippen molar-refractivity contribution >= 4 is 11.5 Å². The summed E-state index contributed by atoms with van der Waals surface area (Å²) < 4.78 is 1.82. The maximum Gasteiger partial charge on any atom is 0.130 e. The van der Waals surface area contributed by atoms with E-state index in [0.717, 1.165) is 39.7 Å². The fourth-order valence-corrected chi connectivity index (χ4v) is 3.70. The molecule has 4 aromatic rings. The molecule has 0 fully saturated rings. The van der Waals surface area contributed by atoms with Crippen molar-refractivity contribution in [2.75, 3.05) is 17.7 Å². The van der Waals surface area contributed by atoms with E-state index >= 15 is 0 Å². The van der Waals surface area contributed by atoms with Gasteiger partial charge in [-0.15, -0.1) is 0 Å². The van der Waals surface area contributed by atoms with E-state index < -0.39 is 0 Å². The number of anilines is 2. The van der Waals surface area contributed by atoms with Crippen LogP contribution in [0.4, 0.5) is 11.5 Å². The Morgan fingerprint density at radius 1 is 0.935 bits per heavy atom. The Morgan fingerprint density at radius 2 is 1.77 bits per heavy atom. The smallest absolute Gasteiger partial charge is 0.130 e. The molecule has 0 saturated heterocycles. The van der Waals surface area contributed by atoms with Crippen LogP contribution >= 0.6 is 0 Å². The van der Waals surface area contributed by atoms with Gasteiger partial charge in [-0.3, -0.25) is 4.68 Å². The molecule has 0 radical (unpaired) electrons. The van der Waals surface area contributed by atoms with Crippen LogP contribution in [-0.4, -0.2) is 26.8 Å². The molecule has 0 spiro atoms. The van der Waals surface area contributed by atoms with E-state index in [-0.39, 0.29) is 6.04 Å². The summed E-state index contributed by atoms with van der Waals surface area (Å²) in [5.41, 5.74) is 7.72. The second kappa shape index (κ2) is 8.60. The molecule has 158 valence electrons. The summed E-state index contributed by atoms with van der Waals surface area (Å²) in [6, 6.07) is 17.0. The van der Waals surface area contributed by atoms with Crippen LogP contribution < -0.4 is 10.6 Å². The maximum atomic E-state index is 4.66. The molecule has 0 aliphatic carbocycles. The standard InChI is InChI=1S/C25H28N6/c1-16-9-10-21(12-23(16)26-4)24-13-25(30-18(3)29-24)28-17(2)19-7-6-8-20(11-19)22-14-27-31(5)15-22/h6-15,17,26H,1-5H3,(H,28,29,30). The minimum absolute atomic E-state index is 0.0876. The van der Waals surface area contributed by atoms with Crippen molar-refractivity contribution in [3.05, 3.63) is 77.9 Å². The van der Waals surface area contributed by atoms with Gasteiger partial charge in [0, 0.05) is 49.2 Å². The third kappa shape index (κ3) is 4.58. The van der Waals surface area contributed by atoms with Gasteiger partial charge in [0.05, 0.1) is 11.9 Å². The van der Waals surface area contributed by atoms with Crippen LogP contribution in [0.2, 0.25) is 0 Å². The van der Waals surface area contributed by atoms with Gasteiger partial charge in [0.2, 0.25) is 0 Å². The molecule has 0 aliphatic heterocycles. The first-order valence-electron chi connectivity index (χ1n) is 10.4. The summed E-state index contributed by atoms with van der Waals surface area (Å²) in [5, 5.41) is 11.1. The minimum atomic E-state index is 0.0876. The molecule has 2 heterocycles. The summed E-state index contributed by atoms with van der Waals surface area (Å²) in [6.45, 7) is 6.16. The second-order valence-corrected chi connectivity index (χ2v) is 7.86. The van der Waals surface area contributed by atoms with Crippen LogP contribution in [0, 0.1) is 13.8 Å². The number of hydrogen-bond donors (Lipinski definition) is 2. The Balaban J connectivity index is 1.60. The molecule has 2 aromatic heterocycles. The molecule has 6 nitrogen and oxygen atoms in total. The topological polar surface area (TPSA) is 67.7 Å². The minimum Gasteiger partial charge on any atom is -0.388 e. The molecule has 2 aromatic carbocycles. The Bertz CT molecular complexity index is 1210. The molecule has 31 heavy (non-hydrogen) atoms. The van der Waals surface area contributed by atoms with E-state index in [1.165, 1.54) is 11.1 Å². The average Bonchev–Trinajstić information content (AvgIpc) is 3.20. The lowest BCUT2D eigenvalue weighted by Gasteiger charge is -2.17. The number of aromatic nitrogens is 4. The van der Waals surface area contributed by atoms with Gasteiger partial charge < -0.3 is 10.6 Å². The summed E-state index contributed by atoms with van der Waals surface area (Å²) in [7, 11) is 3.87. The first-order chi connectivity index (χ1) is 14.9. The van der Waals surface area contributed by atoms with Gasteiger partial charge in [-0.1, -0.05) is 30.3 Å².